The predicted molar refractivity (Wildman–Crippen MR) is 64.9 cm³/mol. The molecule has 7 heteroatoms. The molecule has 1 aliphatic rings. The monoisotopic (exact) mass is 290 g/mol. The standard InChI is InChI=1S/C13H14F4N2O/c14-7-6-8(15)10(17)11(9(7)16)19-12(20)13(18)4-2-1-3-5-13/h6H,1-5,18H2,(H,19,20). The number of amides is 1. The van der Waals surface area contributed by atoms with E-state index >= 15 is 0 Å². The first-order chi connectivity index (χ1) is 9.35. The molecule has 1 aliphatic carbocycles. The lowest BCUT2D eigenvalue weighted by atomic mass is 9.82. The number of rotatable bonds is 2. The number of hydrogen-bond acceptors (Lipinski definition) is 2. The Balaban J connectivity index is 2.28. The smallest absolute Gasteiger partial charge is 0.244 e. The summed E-state index contributed by atoms with van der Waals surface area (Å²) in [6.07, 6.45) is 3.07. The molecular weight excluding hydrogens is 276 g/mol. The Labute approximate surface area is 113 Å². The summed E-state index contributed by atoms with van der Waals surface area (Å²) in [5.41, 5.74) is 3.48. The van der Waals surface area contributed by atoms with Gasteiger partial charge in [-0.25, -0.2) is 17.6 Å². The van der Waals surface area contributed by atoms with Gasteiger partial charge in [0, 0.05) is 6.07 Å². The van der Waals surface area contributed by atoms with Crippen LogP contribution in [0, 0.1) is 23.3 Å². The highest BCUT2D eigenvalue weighted by Crippen LogP contribution is 2.29. The molecule has 0 spiro atoms. The van der Waals surface area contributed by atoms with Crippen LogP contribution in [-0.4, -0.2) is 11.4 Å². The molecule has 3 nitrogen and oxygen atoms in total. The molecule has 3 N–H and O–H groups in total. The van der Waals surface area contributed by atoms with Crippen LogP contribution < -0.4 is 11.1 Å². The Bertz CT molecular complexity index is 515. The van der Waals surface area contributed by atoms with Crippen LogP contribution in [0.15, 0.2) is 6.07 Å². The number of anilines is 1. The molecule has 1 fully saturated rings. The Morgan fingerprint density at radius 1 is 1.05 bits per heavy atom. The van der Waals surface area contributed by atoms with E-state index in [1.54, 1.807) is 0 Å². The van der Waals surface area contributed by atoms with Crippen LogP contribution in [0.4, 0.5) is 23.2 Å². The van der Waals surface area contributed by atoms with E-state index in [0.29, 0.717) is 25.7 Å². The Kier molecular flexibility index (Phi) is 3.99. The first-order valence-electron chi connectivity index (χ1n) is 6.28. The van der Waals surface area contributed by atoms with Crippen molar-refractivity contribution in [3.8, 4) is 0 Å². The van der Waals surface area contributed by atoms with Crippen LogP contribution in [0.5, 0.6) is 0 Å². The average Bonchev–Trinajstić information content (AvgIpc) is 2.42. The number of carbonyl (C=O) groups excluding carboxylic acids is 1. The summed E-state index contributed by atoms with van der Waals surface area (Å²) in [5, 5.41) is 1.88. The van der Waals surface area contributed by atoms with E-state index < -0.39 is 40.4 Å². The summed E-state index contributed by atoms with van der Waals surface area (Å²) in [6.45, 7) is 0. The van der Waals surface area contributed by atoms with Gasteiger partial charge in [-0.2, -0.15) is 0 Å². The van der Waals surface area contributed by atoms with Crippen molar-refractivity contribution in [2.24, 2.45) is 5.73 Å². The maximum absolute atomic E-state index is 13.5. The van der Waals surface area contributed by atoms with E-state index in [-0.39, 0.29) is 6.07 Å². The van der Waals surface area contributed by atoms with Crippen LogP contribution in [-0.2, 0) is 4.79 Å². The second-order valence-electron chi connectivity index (χ2n) is 5.01. The normalized spacial score (nSPS) is 17.9. The molecule has 0 aromatic heterocycles. The highest BCUT2D eigenvalue weighted by Gasteiger charge is 2.36. The summed E-state index contributed by atoms with van der Waals surface area (Å²) < 4.78 is 53.0. The van der Waals surface area contributed by atoms with Crippen molar-refractivity contribution in [3.05, 3.63) is 29.3 Å². The van der Waals surface area contributed by atoms with Gasteiger partial charge in [0.1, 0.15) is 5.69 Å². The van der Waals surface area contributed by atoms with Gasteiger partial charge >= 0.3 is 0 Å². The average molecular weight is 290 g/mol. The topological polar surface area (TPSA) is 55.1 Å². The Hall–Kier alpha value is -1.63. The van der Waals surface area contributed by atoms with E-state index in [9.17, 15) is 22.4 Å². The van der Waals surface area contributed by atoms with Crippen molar-refractivity contribution in [1.82, 2.24) is 0 Å². The lowest BCUT2D eigenvalue weighted by Gasteiger charge is -2.31. The summed E-state index contributed by atoms with van der Waals surface area (Å²) in [4.78, 5) is 12.0. The van der Waals surface area contributed by atoms with Gasteiger partial charge < -0.3 is 11.1 Å². The third kappa shape index (κ3) is 2.63. The highest BCUT2D eigenvalue weighted by molar-refractivity contribution is 5.98. The van der Waals surface area contributed by atoms with Crippen molar-refractivity contribution in [1.29, 1.82) is 0 Å². The van der Waals surface area contributed by atoms with Crippen LogP contribution in [0.25, 0.3) is 0 Å². The summed E-state index contributed by atoms with van der Waals surface area (Å²) in [7, 11) is 0. The van der Waals surface area contributed by atoms with Gasteiger partial charge in [0.25, 0.3) is 0 Å². The van der Waals surface area contributed by atoms with Crippen LogP contribution >= 0.6 is 0 Å². The fourth-order valence-corrected chi connectivity index (χ4v) is 2.33. The third-order valence-corrected chi connectivity index (χ3v) is 3.55. The van der Waals surface area contributed by atoms with Crippen molar-refractivity contribution < 1.29 is 22.4 Å². The molecule has 2 rings (SSSR count). The maximum atomic E-state index is 13.5. The lowest BCUT2D eigenvalue weighted by molar-refractivity contribution is -0.122. The number of halogens is 4. The van der Waals surface area contributed by atoms with Crippen LogP contribution in [0.1, 0.15) is 32.1 Å². The molecule has 1 aromatic carbocycles. The molecule has 0 unspecified atom stereocenters. The van der Waals surface area contributed by atoms with Gasteiger partial charge in [0.05, 0.1) is 5.54 Å². The molecule has 20 heavy (non-hydrogen) atoms. The lowest BCUT2D eigenvalue weighted by Crippen LogP contribution is -2.52. The van der Waals surface area contributed by atoms with E-state index in [2.05, 4.69) is 0 Å². The molecule has 0 aliphatic heterocycles. The van der Waals surface area contributed by atoms with Gasteiger partial charge in [0.2, 0.25) is 5.91 Å². The number of hydrogen-bond donors (Lipinski definition) is 2. The largest absolute Gasteiger partial charge is 0.319 e. The third-order valence-electron chi connectivity index (χ3n) is 3.55. The zero-order valence-corrected chi connectivity index (χ0v) is 10.6. The second kappa shape index (κ2) is 5.40. The first kappa shape index (κ1) is 14.8. The van der Waals surface area contributed by atoms with Crippen LogP contribution in [0.2, 0.25) is 0 Å². The number of nitrogens with two attached hydrogens (primary N) is 1. The minimum absolute atomic E-state index is 0.0825. The van der Waals surface area contributed by atoms with Gasteiger partial charge in [-0.1, -0.05) is 19.3 Å². The Morgan fingerprint density at radius 3 is 2.05 bits per heavy atom. The van der Waals surface area contributed by atoms with Crippen molar-refractivity contribution >= 4 is 11.6 Å². The van der Waals surface area contributed by atoms with E-state index in [1.165, 1.54) is 0 Å². The van der Waals surface area contributed by atoms with E-state index in [1.807, 2.05) is 5.32 Å². The number of benzene rings is 1. The van der Waals surface area contributed by atoms with E-state index in [4.69, 9.17) is 5.73 Å². The van der Waals surface area contributed by atoms with Crippen molar-refractivity contribution in [3.63, 3.8) is 0 Å². The highest BCUT2D eigenvalue weighted by atomic mass is 19.2. The molecule has 110 valence electrons. The molecule has 1 amide bonds. The molecule has 0 atom stereocenters. The first-order valence-corrected chi connectivity index (χ1v) is 6.28. The SMILES string of the molecule is NC1(C(=O)Nc2c(F)c(F)cc(F)c2F)CCCCC1. The Morgan fingerprint density at radius 2 is 1.55 bits per heavy atom. The minimum atomic E-state index is -1.64. The quantitative estimate of drug-likeness (QED) is 0.650. The van der Waals surface area contributed by atoms with Gasteiger partial charge in [-0.15, -0.1) is 0 Å². The van der Waals surface area contributed by atoms with Gasteiger partial charge in [0.15, 0.2) is 23.3 Å². The number of carbonyl (C=O) groups is 1. The molecule has 0 heterocycles. The number of nitrogens with one attached hydrogen (secondary N) is 1. The fourth-order valence-electron chi connectivity index (χ4n) is 2.33. The zero-order chi connectivity index (χ0) is 14.9. The maximum Gasteiger partial charge on any atom is 0.244 e. The van der Waals surface area contributed by atoms with Crippen molar-refractivity contribution in [2.45, 2.75) is 37.6 Å². The molecule has 0 bridgehead atoms. The van der Waals surface area contributed by atoms with Crippen molar-refractivity contribution in [2.75, 3.05) is 5.32 Å². The predicted octanol–water partition coefficient (Wildman–Crippen LogP) is 2.84. The van der Waals surface area contributed by atoms with Gasteiger partial charge in [-0.05, 0) is 12.8 Å². The summed E-state index contributed by atoms with van der Waals surface area (Å²) >= 11 is 0. The van der Waals surface area contributed by atoms with E-state index in [0.717, 1.165) is 6.42 Å². The summed E-state index contributed by atoms with van der Waals surface area (Å²) in [5.74, 6) is -7.27. The summed E-state index contributed by atoms with van der Waals surface area (Å²) in [6, 6.07) is 0.0825. The minimum Gasteiger partial charge on any atom is -0.319 e. The molecular formula is C13H14F4N2O. The zero-order valence-electron chi connectivity index (χ0n) is 10.6. The fraction of sp³-hybridized carbons (Fsp3) is 0.462. The van der Waals surface area contributed by atoms with Gasteiger partial charge in [-0.3, -0.25) is 4.79 Å². The second-order valence-corrected chi connectivity index (χ2v) is 5.01. The molecule has 1 aromatic rings. The molecule has 0 radical (unpaired) electrons. The molecule has 0 saturated heterocycles. The van der Waals surface area contributed by atoms with Crippen LogP contribution in [0.3, 0.4) is 0 Å². The molecule has 1 saturated carbocycles.